The van der Waals surface area contributed by atoms with E-state index in [4.69, 9.17) is 29.8 Å². The molecule has 1 atom stereocenters. The summed E-state index contributed by atoms with van der Waals surface area (Å²) in [5.74, 6) is 0. The second kappa shape index (κ2) is 12.8. The lowest BCUT2D eigenvalue weighted by Crippen LogP contribution is -2.20. The van der Waals surface area contributed by atoms with Gasteiger partial charge in [0.15, 0.2) is 6.29 Å². The van der Waals surface area contributed by atoms with Gasteiger partial charge in [-0.05, 0) is 6.92 Å². The smallest absolute Gasteiger partial charge is 0.178 e. The molecule has 0 aliphatic heterocycles. The number of hydrogen-bond acceptors (Lipinski definition) is 6. The molecule has 16 heavy (non-hydrogen) atoms. The Balaban J connectivity index is 2.98. The van der Waals surface area contributed by atoms with Gasteiger partial charge in [-0.2, -0.15) is 0 Å². The van der Waals surface area contributed by atoms with Crippen molar-refractivity contribution in [3.63, 3.8) is 0 Å². The summed E-state index contributed by atoms with van der Waals surface area (Å²) in [6, 6.07) is 0. The molecule has 98 valence electrons. The standard InChI is InChI=1S/C10H23NO5/c1-2-16-10(12)9-15-8-7-14-6-5-13-4-3-11/h10,12H,2-9,11H2,1H3. The van der Waals surface area contributed by atoms with E-state index in [0.29, 0.717) is 46.2 Å². The van der Waals surface area contributed by atoms with E-state index < -0.39 is 6.29 Å². The third kappa shape index (κ3) is 11.8. The van der Waals surface area contributed by atoms with Crippen LogP contribution in [0.3, 0.4) is 0 Å². The molecule has 0 aromatic heterocycles. The third-order valence-corrected chi connectivity index (χ3v) is 1.63. The van der Waals surface area contributed by atoms with Crippen molar-refractivity contribution in [1.82, 2.24) is 0 Å². The second-order valence-electron chi connectivity index (χ2n) is 3.00. The summed E-state index contributed by atoms with van der Waals surface area (Å²) in [5, 5.41) is 9.13. The summed E-state index contributed by atoms with van der Waals surface area (Å²) in [4.78, 5) is 0. The van der Waals surface area contributed by atoms with Crippen LogP contribution in [-0.4, -0.2) is 64.2 Å². The van der Waals surface area contributed by atoms with Crippen LogP contribution in [0.25, 0.3) is 0 Å². The first-order valence-electron chi connectivity index (χ1n) is 5.54. The summed E-state index contributed by atoms with van der Waals surface area (Å²) < 4.78 is 20.3. The second-order valence-corrected chi connectivity index (χ2v) is 3.00. The highest BCUT2D eigenvalue weighted by Gasteiger charge is 2.01. The Kier molecular flexibility index (Phi) is 12.6. The fraction of sp³-hybridized carbons (Fsp3) is 1.00. The Hall–Kier alpha value is -0.240. The summed E-state index contributed by atoms with van der Waals surface area (Å²) >= 11 is 0. The Labute approximate surface area is 96.6 Å². The zero-order valence-corrected chi connectivity index (χ0v) is 9.89. The Morgan fingerprint density at radius 3 is 2.12 bits per heavy atom. The van der Waals surface area contributed by atoms with Gasteiger partial charge < -0.3 is 29.8 Å². The van der Waals surface area contributed by atoms with Crippen molar-refractivity contribution in [3.8, 4) is 0 Å². The Morgan fingerprint density at radius 2 is 1.56 bits per heavy atom. The van der Waals surface area contributed by atoms with Crippen LogP contribution in [0.2, 0.25) is 0 Å². The largest absolute Gasteiger partial charge is 0.378 e. The first-order chi connectivity index (χ1) is 7.81. The molecule has 1 unspecified atom stereocenters. The zero-order chi connectivity index (χ0) is 12.1. The highest BCUT2D eigenvalue weighted by Crippen LogP contribution is 1.88. The van der Waals surface area contributed by atoms with E-state index in [2.05, 4.69) is 0 Å². The summed E-state index contributed by atoms with van der Waals surface area (Å²) in [7, 11) is 0. The maximum Gasteiger partial charge on any atom is 0.178 e. The number of aliphatic hydroxyl groups excluding tert-OH is 1. The minimum Gasteiger partial charge on any atom is -0.378 e. The van der Waals surface area contributed by atoms with Gasteiger partial charge in [0.05, 0.1) is 39.6 Å². The fourth-order valence-corrected chi connectivity index (χ4v) is 0.948. The van der Waals surface area contributed by atoms with Gasteiger partial charge in [0.2, 0.25) is 0 Å². The quantitative estimate of drug-likeness (QED) is 0.347. The van der Waals surface area contributed by atoms with Crippen LogP contribution in [0.15, 0.2) is 0 Å². The molecular formula is C10H23NO5. The number of ether oxygens (including phenoxy) is 4. The summed E-state index contributed by atoms with van der Waals surface area (Å²) in [6.45, 7) is 5.51. The van der Waals surface area contributed by atoms with Crippen molar-refractivity contribution in [2.75, 3.05) is 52.8 Å². The van der Waals surface area contributed by atoms with Crippen LogP contribution < -0.4 is 5.73 Å². The van der Waals surface area contributed by atoms with Gasteiger partial charge in [0.25, 0.3) is 0 Å². The van der Waals surface area contributed by atoms with Crippen molar-refractivity contribution in [2.45, 2.75) is 13.2 Å². The van der Waals surface area contributed by atoms with Crippen LogP contribution >= 0.6 is 0 Å². The van der Waals surface area contributed by atoms with Gasteiger partial charge in [0, 0.05) is 13.2 Å². The Morgan fingerprint density at radius 1 is 1.00 bits per heavy atom. The highest BCUT2D eigenvalue weighted by atomic mass is 16.6. The van der Waals surface area contributed by atoms with Gasteiger partial charge in [-0.15, -0.1) is 0 Å². The molecule has 0 aromatic carbocycles. The molecule has 0 spiro atoms. The molecular weight excluding hydrogens is 214 g/mol. The minimum absolute atomic E-state index is 0.168. The normalized spacial score (nSPS) is 12.9. The van der Waals surface area contributed by atoms with Crippen molar-refractivity contribution in [2.24, 2.45) is 5.73 Å². The molecule has 0 heterocycles. The lowest BCUT2D eigenvalue weighted by atomic mass is 10.6. The number of aliphatic hydroxyl groups is 1. The molecule has 0 aromatic rings. The van der Waals surface area contributed by atoms with Crippen molar-refractivity contribution in [1.29, 1.82) is 0 Å². The average Bonchev–Trinajstić information content (AvgIpc) is 2.27. The van der Waals surface area contributed by atoms with Gasteiger partial charge in [-0.3, -0.25) is 0 Å². The van der Waals surface area contributed by atoms with Crippen LogP contribution in [0.5, 0.6) is 0 Å². The first kappa shape index (κ1) is 15.8. The predicted molar refractivity (Wildman–Crippen MR) is 59.1 cm³/mol. The topological polar surface area (TPSA) is 83.2 Å². The van der Waals surface area contributed by atoms with E-state index in [9.17, 15) is 0 Å². The lowest BCUT2D eigenvalue weighted by Gasteiger charge is -2.11. The molecule has 0 amide bonds. The van der Waals surface area contributed by atoms with Crippen LogP contribution in [0.4, 0.5) is 0 Å². The third-order valence-electron chi connectivity index (χ3n) is 1.63. The Bertz CT molecular complexity index is 136. The van der Waals surface area contributed by atoms with Crippen LogP contribution in [-0.2, 0) is 18.9 Å². The van der Waals surface area contributed by atoms with Gasteiger partial charge in [-0.25, -0.2) is 0 Å². The first-order valence-corrected chi connectivity index (χ1v) is 5.54. The maximum atomic E-state index is 9.13. The number of nitrogens with two attached hydrogens (primary N) is 1. The molecule has 0 fully saturated rings. The van der Waals surface area contributed by atoms with Crippen molar-refractivity contribution in [3.05, 3.63) is 0 Å². The predicted octanol–water partition coefficient (Wildman–Crippen LogP) is -0.650. The molecule has 0 bridgehead atoms. The van der Waals surface area contributed by atoms with Crippen LogP contribution in [0.1, 0.15) is 6.92 Å². The van der Waals surface area contributed by atoms with E-state index in [-0.39, 0.29) is 6.61 Å². The molecule has 0 rings (SSSR count). The van der Waals surface area contributed by atoms with E-state index in [0.717, 1.165) is 0 Å². The molecule has 0 radical (unpaired) electrons. The van der Waals surface area contributed by atoms with E-state index >= 15 is 0 Å². The van der Waals surface area contributed by atoms with E-state index in [1.54, 1.807) is 0 Å². The van der Waals surface area contributed by atoms with Crippen LogP contribution in [0, 0.1) is 0 Å². The van der Waals surface area contributed by atoms with E-state index in [1.807, 2.05) is 6.92 Å². The monoisotopic (exact) mass is 237 g/mol. The minimum atomic E-state index is -0.849. The molecule has 6 nitrogen and oxygen atoms in total. The molecule has 6 heteroatoms. The molecule has 0 saturated heterocycles. The van der Waals surface area contributed by atoms with Crippen molar-refractivity contribution < 1.29 is 24.1 Å². The van der Waals surface area contributed by atoms with Crippen molar-refractivity contribution >= 4 is 0 Å². The van der Waals surface area contributed by atoms with Gasteiger partial charge >= 0.3 is 0 Å². The molecule has 0 saturated carbocycles. The van der Waals surface area contributed by atoms with E-state index in [1.165, 1.54) is 0 Å². The van der Waals surface area contributed by atoms with Gasteiger partial charge in [0.1, 0.15) is 0 Å². The molecule has 0 aliphatic rings. The zero-order valence-electron chi connectivity index (χ0n) is 9.89. The fourth-order valence-electron chi connectivity index (χ4n) is 0.948. The maximum absolute atomic E-state index is 9.13. The lowest BCUT2D eigenvalue weighted by molar-refractivity contribution is -0.137. The SMILES string of the molecule is CCOC(O)COCCOCCOCCN. The molecule has 0 aliphatic carbocycles. The summed E-state index contributed by atoms with van der Waals surface area (Å²) in [6.07, 6.45) is -0.849. The highest BCUT2D eigenvalue weighted by molar-refractivity contribution is 4.38. The number of hydrogen-bond donors (Lipinski definition) is 2. The van der Waals surface area contributed by atoms with Gasteiger partial charge in [-0.1, -0.05) is 0 Å². The summed E-state index contributed by atoms with van der Waals surface area (Å²) in [5.41, 5.74) is 5.24. The average molecular weight is 237 g/mol. The molecule has 3 N–H and O–H groups in total. The number of rotatable bonds is 12.